The Hall–Kier alpha value is -2.63. The summed E-state index contributed by atoms with van der Waals surface area (Å²) in [6.45, 7) is 3.69. The zero-order chi connectivity index (χ0) is 17.8. The van der Waals surface area contributed by atoms with Crippen LogP contribution in [0.1, 0.15) is 31.7 Å². The highest BCUT2D eigenvalue weighted by molar-refractivity contribution is 5.97. The van der Waals surface area contributed by atoms with Crippen LogP contribution in [-0.2, 0) is 14.4 Å². The van der Waals surface area contributed by atoms with Crippen molar-refractivity contribution in [2.24, 2.45) is 0 Å². The van der Waals surface area contributed by atoms with Crippen molar-refractivity contribution in [3.63, 3.8) is 0 Å². The molecule has 3 rings (SSSR count). The van der Waals surface area contributed by atoms with E-state index in [1.165, 1.54) is 6.08 Å². The van der Waals surface area contributed by atoms with Gasteiger partial charge in [-0.25, -0.2) is 0 Å². The fourth-order valence-corrected chi connectivity index (χ4v) is 3.33. The van der Waals surface area contributed by atoms with Gasteiger partial charge in [0, 0.05) is 37.8 Å². The smallest absolute Gasteiger partial charge is 0.247 e. The molecule has 0 spiro atoms. The number of nitrogens with zero attached hydrogens (tertiary/aromatic N) is 2. The second-order valence-electron chi connectivity index (χ2n) is 6.32. The summed E-state index contributed by atoms with van der Waals surface area (Å²) in [7, 11) is 0. The van der Waals surface area contributed by atoms with E-state index >= 15 is 0 Å². The van der Waals surface area contributed by atoms with Gasteiger partial charge in [-0.3, -0.25) is 14.4 Å². The molecule has 6 nitrogen and oxygen atoms in total. The summed E-state index contributed by atoms with van der Waals surface area (Å²) in [5.41, 5.74) is 1.78. The maximum Gasteiger partial charge on any atom is 0.247 e. The van der Waals surface area contributed by atoms with E-state index < -0.39 is 6.04 Å². The number of piperazine rings is 1. The number of amides is 3. The Morgan fingerprint density at radius 3 is 2.64 bits per heavy atom. The van der Waals surface area contributed by atoms with Gasteiger partial charge < -0.3 is 15.1 Å². The van der Waals surface area contributed by atoms with Crippen LogP contribution in [-0.4, -0.2) is 48.3 Å². The standard InChI is InChI=1S/C19H23N3O3/c1-2-16-19(25)20-11-13-22(16)18(24)10-7-14-5-8-15(9-6-14)21-12-3-4-17(21)23/h5-10,16H,2-4,11-13H2,1H3,(H,20,25). The maximum absolute atomic E-state index is 12.4. The van der Waals surface area contributed by atoms with Gasteiger partial charge >= 0.3 is 0 Å². The summed E-state index contributed by atoms with van der Waals surface area (Å²) in [6.07, 6.45) is 5.37. The number of rotatable bonds is 4. The van der Waals surface area contributed by atoms with E-state index in [4.69, 9.17) is 0 Å². The summed E-state index contributed by atoms with van der Waals surface area (Å²) in [6, 6.07) is 7.19. The van der Waals surface area contributed by atoms with Gasteiger partial charge in [0.15, 0.2) is 0 Å². The van der Waals surface area contributed by atoms with Crippen molar-refractivity contribution in [1.29, 1.82) is 0 Å². The van der Waals surface area contributed by atoms with Gasteiger partial charge in [-0.05, 0) is 36.6 Å². The van der Waals surface area contributed by atoms with E-state index in [0.717, 1.165) is 24.2 Å². The molecule has 1 unspecified atom stereocenters. The Morgan fingerprint density at radius 2 is 2.00 bits per heavy atom. The normalized spacial score (nSPS) is 21.1. The van der Waals surface area contributed by atoms with Gasteiger partial charge in [-0.1, -0.05) is 19.1 Å². The van der Waals surface area contributed by atoms with Crippen LogP contribution in [0.4, 0.5) is 5.69 Å². The van der Waals surface area contributed by atoms with Crippen molar-refractivity contribution in [2.75, 3.05) is 24.5 Å². The van der Waals surface area contributed by atoms with Gasteiger partial charge in [0.2, 0.25) is 17.7 Å². The fourth-order valence-electron chi connectivity index (χ4n) is 3.33. The zero-order valence-corrected chi connectivity index (χ0v) is 14.4. The van der Waals surface area contributed by atoms with Crippen LogP contribution in [0.2, 0.25) is 0 Å². The molecule has 1 N–H and O–H groups in total. The first kappa shape index (κ1) is 17.2. The molecule has 0 radical (unpaired) electrons. The molecule has 2 aliphatic heterocycles. The third kappa shape index (κ3) is 3.73. The van der Waals surface area contributed by atoms with E-state index in [-0.39, 0.29) is 17.7 Å². The van der Waals surface area contributed by atoms with Gasteiger partial charge in [0.1, 0.15) is 6.04 Å². The quantitative estimate of drug-likeness (QED) is 0.845. The van der Waals surface area contributed by atoms with Gasteiger partial charge in [-0.2, -0.15) is 0 Å². The fraction of sp³-hybridized carbons (Fsp3) is 0.421. The molecule has 1 aromatic rings. The lowest BCUT2D eigenvalue weighted by molar-refractivity contribution is -0.140. The van der Waals surface area contributed by atoms with Crippen LogP contribution in [0.3, 0.4) is 0 Å². The highest BCUT2D eigenvalue weighted by Crippen LogP contribution is 2.22. The SMILES string of the molecule is CCC1C(=O)NCCN1C(=O)C=Cc1ccc(N2CCCC2=O)cc1. The van der Waals surface area contributed by atoms with Gasteiger partial charge in [-0.15, -0.1) is 0 Å². The minimum Gasteiger partial charge on any atom is -0.353 e. The Morgan fingerprint density at radius 1 is 1.24 bits per heavy atom. The Bertz CT molecular complexity index is 696. The molecule has 1 atom stereocenters. The van der Waals surface area contributed by atoms with Crippen molar-refractivity contribution in [3.05, 3.63) is 35.9 Å². The topological polar surface area (TPSA) is 69.7 Å². The zero-order valence-electron chi connectivity index (χ0n) is 14.4. The predicted molar refractivity (Wildman–Crippen MR) is 95.9 cm³/mol. The largest absolute Gasteiger partial charge is 0.353 e. The molecule has 25 heavy (non-hydrogen) atoms. The molecule has 2 saturated heterocycles. The van der Waals surface area contributed by atoms with Crippen LogP contribution < -0.4 is 10.2 Å². The van der Waals surface area contributed by atoms with E-state index in [9.17, 15) is 14.4 Å². The molecule has 1 aromatic carbocycles. The average Bonchev–Trinajstić information content (AvgIpc) is 3.06. The summed E-state index contributed by atoms with van der Waals surface area (Å²) in [5, 5.41) is 2.79. The molecule has 132 valence electrons. The highest BCUT2D eigenvalue weighted by Gasteiger charge is 2.30. The summed E-state index contributed by atoms with van der Waals surface area (Å²) in [5.74, 6) is -0.0805. The summed E-state index contributed by atoms with van der Waals surface area (Å²) >= 11 is 0. The lowest BCUT2D eigenvalue weighted by atomic mass is 10.1. The van der Waals surface area contributed by atoms with Gasteiger partial charge in [0.25, 0.3) is 0 Å². The van der Waals surface area contributed by atoms with Crippen molar-refractivity contribution in [3.8, 4) is 0 Å². The molecule has 2 aliphatic rings. The Labute approximate surface area is 147 Å². The van der Waals surface area contributed by atoms with Crippen molar-refractivity contribution < 1.29 is 14.4 Å². The number of hydrogen-bond acceptors (Lipinski definition) is 3. The minimum absolute atomic E-state index is 0.0878. The third-order valence-electron chi connectivity index (χ3n) is 4.70. The second kappa shape index (κ2) is 7.51. The monoisotopic (exact) mass is 341 g/mol. The van der Waals surface area contributed by atoms with Crippen LogP contribution in [0.25, 0.3) is 6.08 Å². The number of hydrogen-bond donors (Lipinski definition) is 1. The van der Waals surface area contributed by atoms with Crippen LogP contribution in [0.5, 0.6) is 0 Å². The van der Waals surface area contributed by atoms with Crippen LogP contribution in [0.15, 0.2) is 30.3 Å². The van der Waals surface area contributed by atoms with E-state index in [0.29, 0.717) is 25.9 Å². The highest BCUT2D eigenvalue weighted by atomic mass is 16.2. The first-order chi connectivity index (χ1) is 12.1. The molecule has 0 saturated carbocycles. The first-order valence-corrected chi connectivity index (χ1v) is 8.77. The lowest BCUT2D eigenvalue weighted by Gasteiger charge is -2.33. The van der Waals surface area contributed by atoms with Crippen molar-refractivity contribution >= 4 is 29.5 Å². The molecule has 6 heteroatoms. The summed E-state index contributed by atoms with van der Waals surface area (Å²) < 4.78 is 0. The lowest BCUT2D eigenvalue weighted by Crippen LogP contribution is -2.56. The predicted octanol–water partition coefficient (Wildman–Crippen LogP) is 1.56. The van der Waals surface area contributed by atoms with Crippen LogP contribution in [0, 0.1) is 0 Å². The molecule has 0 bridgehead atoms. The minimum atomic E-state index is -0.394. The van der Waals surface area contributed by atoms with Crippen molar-refractivity contribution in [2.45, 2.75) is 32.2 Å². The molecule has 2 heterocycles. The Balaban J connectivity index is 1.66. The average molecular weight is 341 g/mol. The number of anilines is 1. The van der Waals surface area contributed by atoms with Crippen LogP contribution >= 0.6 is 0 Å². The molecule has 2 fully saturated rings. The van der Waals surface area contributed by atoms with E-state index in [1.807, 2.05) is 31.2 Å². The maximum atomic E-state index is 12.4. The molecule has 0 aromatic heterocycles. The molecular weight excluding hydrogens is 318 g/mol. The number of nitrogens with one attached hydrogen (secondary N) is 1. The molecular formula is C19H23N3O3. The molecule has 3 amide bonds. The van der Waals surface area contributed by atoms with Gasteiger partial charge in [0.05, 0.1) is 0 Å². The number of benzene rings is 1. The number of carbonyl (C=O) groups excluding carboxylic acids is 3. The third-order valence-corrected chi connectivity index (χ3v) is 4.70. The van der Waals surface area contributed by atoms with E-state index in [2.05, 4.69) is 5.32 Å². The second-order valence-corrected chi connectivity index (χ2v) is 6.32. The van der Waals surface area contributed by atoms with Crippen molar-refractivity contribution in [1.82, 2.24) is 10.2 Å². The summed E-state index contributed by atoms with van der Waals surface area (Å²) in [4.78, 5) is 39.4. The number of carbonyl (C=O) groups is 3. The molecule has 0 aliphatic carbocycles. The van der Waals surface area contributed by atoms with E-state index in [1.54, 1.807) is 15.9 Å². The first-order valence-electron chi connectivity index (χ1n) is 8.77. The Kier molecular flexibility index (Phi) is 5.16.